The number of nitrogens with zero attached hydrogens (tertiary/aromatic N) is 8. The second-order valence-corrected chi connectivity index (χ2v) is 10.8. The van der Waals surface area contributed by atoms with Crippen molar-refractivity contribution >= 4 is 68.4 Å². The zero-order valence-electron chi connectivity index (χ0n) is 22.1. The molecule has 2 aliphatic rings. The summed E-state index contributed by atoms with van der Waals surface area (Å²) >= 11 is 12.0. The molecule has 0 bridgehead atoms. The molecule has 6 rings (SSSR count). The average Bonchev–Trinajstić information content (AvgIpc) is 3.37. The van der Waals surface area contributed by atoms with E-state index in [1.807, 2.05) is 24.3 Å². The maximum atomic E-state index is 12.7. The maximum Gasteiger partial charge on any atom is 0.354 e. The van der Waals surface area contributed by atoms with Crippen LogP contribution in [0.1, 0.15) is 0 Å². The van der Waals surface area contributed by atoms with Gasteiger partial charge >= 0.3 is 16.9 Å². The Morgan fingerprint density at radius 1 is 0.667 bits per heavy atom. The van der Waals surface area contributed by atoms with Crippen LogP contribution in [0.2, 0.25) is 10.0 Å². The monoisotopic (exact) mass is 614 g/mol. The number of hydrogen-bond acceptors (Lipinski definition) is 11. The standard InChI is InChI=1S/C26H24Cl2N8O6/c27-17-1-5-19(6-2-17)30-9-13-32(14-10-30)22-21-23(36(41)42-29-21)26(35(39)40)24(25(22)34(37)38)33-15-11-31(12-16-33)20-7-3-18(28)4-8-20/h1-8H,9-16H2. The molecule has 14 nitrogen and oxygen atoms in total. The highest BCUT2D eigenvalue weighted by atomic mass is 35.5. The number of fused-ring (bicyclic) bond motifs is 1. The van der Waals surface area contributed by atoms with E-state index in [0.717, 1.165) is 11.4 Å². The molecule has 42 heavy (non-hydrogen) atoms. The van der Waals surface area contributed by atoms with Crippen LogP contribution in [0.5, 0.6) is 0 Å². The summed E-state index contributed by atoms with van der Waals surface area (Å²) in [5, 5.41) is 42.8. The first-order chi connectivity index (χ1) is 20.2. The van der Waals surface area contributed by atoms with Crippen molar-refractivity contribution in [3.05, 3.63) is 84.0 Å². The minimum absolute atomic E-state index is 0.0323. The number of piperazine rings is 2. The fourth-order valence-electron chi connectivity index (χ4n) is 5.68. The number of nitro groups is 2. The normalized spacial score (nSPS) is 15.9. The summed E-state index contributed by atoms with van der Waals surface area (Å²) in [4.78, 5) is 31.2. The zero-order chi connectivity index (χ0) is 29.5. The summed E-state index contributed by atoms with van der Waals surface area (Å²) in [6.07, 6.45) is 0. The van der Waals surface area contributed by atoms with Gasteiger partial charge in [-0.1, -0.05) is 23.2 Å². The molecule has 0 aliphatic carbocycles. The van der Waals surface area contributed by atoms with Crippen LogP contribution in [0, 0.1) is 25.4 Å². The van der Waals surface area contributed by atoms with Crippen molar-refractivity contribution in [2.45, 2.75) is 0 Å². The molecule has 16 heteroatoms. The van der Waals surface area contributed by atoms with Gasteiger partial charge in [0.2, 0.25) is 5.69 Å². The van der Waals surface area contributed by atoms with Crippen LogP contribution in [0.25, 0.3) is 11.0 Å². The first-order valence-corrected chi connectivity index (χ1v) is 13.9. The van der Waals surface area contributed by atoms with Crippen LogP contribution in [0.15, 0.2) is 53.2 Å². The summed E-state index contributed by atoms with van der Waals surface area (Å²) in [5.41, 5.74) is -0.169. The highest BCUT2D eigenvalue weighted by Crippen LogP contribution is 2.49. The van der Waals surface area contributed by atoms with Gasteiger partial charge in [-0.15, -0.1) is 0 Å². The highest BCUT2D eigenvalue weighted by molar-refractivity contribution is 6.30. The molecule has 4 aromatic rings. The lowest BCUT2D eigenvalue weighted by atomic mass is 10.1. The van der Waals surface area contributed by atoms with Crippen molar-refractivity contribution in [3.8, 4) is 0 Å². The van der Waals surface area contributed by atoms with E-state index in [0.29, 0.717) is 49.3 Å². The fourth-order valence-corrected chi connectivity index (χ4v) is 5.93. The van der Waals surface area contributed by atoms with Gasteiger partial charge in [-0.2, -0.15) is 0 Å². The van der Waals surface area contributed by atoms with Gasteiger partial charge in [0.15, 0.2) is 5.69 Å². The smallest absolute Gasteiger partial charge is 0.354 e. The lowest BCUT2D eigenvalue weighted by Gasteiger charge is -2.38. The van der Waals surface area contributed by atoms with Gasteiger partial charge in [0.1, 0.15) is 0 Å². The Balaban J connectivity index is 1.39. The molecular formula is C26H24Cl2N8O6. The maximum absolute atomic E-state index is 12.7. The van der Waals surface area contributed by atoms with E-state index in [1.165, 1.54) is 0 Å². The van der Waals surface area contributed by atoms with Gasteiger partial charge in [-0.05, 0) is 53.4 Å². The Hall–Kier alpha value is -4.56. The fraction of sp³-hybridized carbons (Fsp3) is 0.308. The van der Waals surface area contributed by atoms with Gasteiger partial charge in [0, 0.05) is 78.9 Å². The summed E-state index contributed by atoms with van der Waals surface area (Å²) in [5.74, 6) is 0. The molecule has 1 aromatic heterocycles. The molecule has 3 aromatic carbocycles. The van der Waals surface area contributed by atoms with Gasteiger partial charge in [-0.25, -0.2) is 0 Å². The van der Waals surface area contributed by atoms with E-state index < -0.39 is 26.7 Å². The Morgan fingerprint density at radius 2 is 1.07 bits per heavy atom. The molecule has 2 aliphatic heterocycles. The van der Waals surface area contributed by atoms with Crippen LogP contribution >= 0.6 is 23.2 Å². The molecule has 0 saturated carbocycles. The Morgan fingerprint density at radius 3 is 1.50 bits per heavy atom. The first kappa shape index (κ1) is 27.6. The number of hydrogen-bond donors (Lipinski definition) is 0. The number of benzene rings is 3. The number of nitro benzene ring substituents is 2. The predicted octanol–water partition coefficient (Wildman–Crippen LogP) is 4.24. The van der Waals surface area contributed by atoms with Crippen LogP contribution in [0.4, 0.5) is 34.1 Å². The van der Waals surface area contributed by atoms with Gasteiger partial charge in [-0.3, -0.25) is 24.9 Å². The third-order valence-corrected chi connectivity index (χ3v) is 8.18. The van der Waals surface area contributed by atoms with Crippen molar-refractivity contribution < 1.29 is 19.4 Å². The van der Waals surface area contributed by atoms with E-state index in [9.17, 15) is 25.4 Å². The van der Waals surface area contributed by atoms with E-state index in [1.54, 1.807) is 34.1 Å². The van der Waals surface area contributed by atoms with E-state index in [-0.39, 0.29) is 34.9 Å². The van der Waals surface area contributed by atoms with Crippen LogP contribution < -0.4 is 24.5 Å². The van der Waals surface area contributed by atoms with Crippen LogP contribution in [-0.4, -0.2) is 67.4 Å². The third-order valence-electron chi connectivity index (χ3n) is 7.68. The van der Waals surface area contributed by atoms with E-state index in [4.69, 9.17) is 27.8 Å². The second kappa shape index (κ2) is 11.0. The molecular weight excluding hydrogens is 591 g/mol. The molecule has 0 N–H and O–H groups in total. The summed E-state index contributed by atoms with van der Waals surface area (Å²) < 4.78 is 4.80. The number of aromatic nitrogens is 2. The lowest BCUT2D eigenvalue weighted by Crippen LogP contribution is -2.48. The molecule has 0 unspecified atom stereocenters. The minimum atomic E-state index is -0.774. The Kier molecular flexibility index (Phi) is 7.24. The summed E-state index contributed by atoms with van der Waals surface area (Å²) in [6.45, 7) is 3.03. The molecule has 2 fully saturated rings. The molecule has 2 saturated heterocycles. The Labute approximate surface area is 248 Å². The summed E-state index contributed by atoms with van der Waals surface area (Å²) in [6, 6.07) is 14.6. The third kappa shape index (κ3) is 4.92. The largest absolute Gasteiger partial charge is 0.368 e. The molecule has 0 spiro atoms. The molecule has 0 amide bonds. The van der Waals surface area contributed by atoms with Gasteiger partial charge < -0.3 is 24.8 Å². The molecule has 218 valence electrons. The molecule has 3 heterocycles. The lowest BCUT2D eigenvalue weighted by molar-refractivity contribution is -0.783. The van der Waals surface area contributed by atoms with Crippen LogP contribution in [-0.2, 0) is 0 Å². The van der Waals surface area contributed by atoms with Gasteiger partial charge in [0.05, 0.1) is 9.85 Å². The SMILES string of the molecule is O=[N+]([O-])c1c(N2CCN(c3ccc(Cl)cc3)CC2)c([N+](=O)[O-])c2c(no[n+]2[O-])c1N1CCN(c2ccc(Cl)cc2)CC1. The topological polar surface area (TPSA) is 152 Å². The number of halogens is 2. The van der Waals surface area contributed by atoms with Crippen molar-refractivity contribution in [2.75, 3.05) is 72.0 Å². The summed E-state index contributed by atoms with van der Waals surface area (Å²) in [7, 11) is 0. The van der Waals surface area contributed by atoms with E-state index >= 15 is 0 Å². The highest BCUT2D eigenvalue weighted by Gasteiger charge is 2.45. The predicted molar refractivity (Wildman–Crippen MR) is 158 cm³/mol. The molecule has 0 radical (unpaired) electrons. The molecule has 0 atom stereocenters. The van der Waals surface area contributed by atoms with Crippen molar-refractivity contribution in [2.24, 2.45) is 0 Å². The number of rotatable bonds is 6. The second-order valence-electron chi connectivity index (χ2n) is 9.94. The van der Waals surface area contributed by atoms with Crippen molar-refractivity contribution in [1.29, 1.82) is 0 Å². The average molecular weight is 615 g/mol. The number of anilines is 4. The minimum Gasteiger partial charge on any atom is -0.368 e. The van der Waals surface area contributed by atoms with Crippen LogP contribution in [0.3, 0.4) is 0 Å². The van der Waals surface area contributed by atoms with Crippen molar-refractivity contribution in [3.63, 3.8) is 0 Å². The first-order valence-electron chi connectivity index (χ1n) is 13.1. The quantitative estimate of drug-likeness (QED) is 0.174. The van der Waals surface area contributed by atoms with E-state index in [2.05, 4.69) is 15.0 Å². The van der Waals surface area contributed by atoms with Crippen molar-refractivity contribution in [1.82, 2.24) is 5.16 Å². The Bertz CT molecular complexity index is 1650. The van der Waals surface area contributed by atoms with Gasteiger partial charge in [0.25, 0.3) is 5.52 Å². The zero-order valence-corrected chi connectivity index (χ0v) is 23.6.